The SMILES string of the molecule is CCOC(=O)C(O)(C(=O)OCC)C(C)C(=O)c1ccccc1. The zero-order chi connectivity index (χ0) is 16.8. The van der Waals surface area contributed by atoms with Crippen LogP contribution >= 0.6 is 0 Å². The van der Waals surface area contributed by atoms with E-state index in [1.807, 2.05) is 0 Å². The van der Waals surface area contributed by atoms with Crippen molar-refractivity contribution in [1.29, 1.82) is 0 Å². The van der Waals surface area contributed by atoms with Gasteiger partial charge < -0.3 is 14.6 Å². The molecule has 0 bridgehead atoms. The first-order valence-corrected chi connectivity index (χ1v) is 7.05. The zero-order valence-corrected chi connectivity index (χ0v) is 12.9. The van der Waals surface area contributed by atoms with Crippen molar-refractivity contribution in [2.24, 2.45) is 5.92 Å². The van der Waals surface area contributed by atoms with Crippen molar-refractivity contribution in [2.45, 2.75) is 26.4 Å². The van der Waals surface area contributed by atoms with Crippen LogP contribution in [0.1, 0.15) is 31.1 Å². The summed E-state index contributed by atoms with van der Waals surface area (Å²) in [7, 11) is 0. The van der Waals surface area contributed by atoms with Crippen molar-refractivity contribution in [3.8, 4) is 0 Å². The number of carbonyl (C=O) groups is 3. The number of rotatable bonds is 7. The summed E-state index contributed by atoms with van der Waals surface area (Å²) in [6.45, 7) is 4.29. The molecule has 1 N–H and O–H groups in total. The largest absolute Gasteiger partial charge is 0.463 e. The Labute approximate surface area is 129 Å². The second-order valence-corrected chi connectivity index (χ2v) is 4.66. The van der Waals surface area contributed by atoms with Gasteiger partial charge in [-0.1, -0.05) is 37.3 Å². The summed E-state index contributed by atoms with van der Waals surface area (Å²) in [6, 6.07) is 8.09. The van der Waals surface area contributed by atoms with Crippen molar-refractivity contribution >= 4 is 17.7 Å². The average molecular weight is 308 g/mol. The van der Waals surface area contributed by atoms with Crippen LogP contribution in [-0.4, -0.2) is 41.6 Å². The molecule has 0 aliphatic heterocycles. The predicted octanol–water partition coefficient (Wildman–Crippen LogP) is 1.36. The van der Waals surface area contributed by atoms with Crippen LogP contribution in [0.25, 0.3) is 0 Å². The fourth-order valence-electron chi connectivity index (χ4n) is 1.96. The summed E-state index contributed by atoms with van der Waals surface area (Å²) < 4.78 is 9.48. The topological polar surface area (TPSA) is 89.9 Å². The Balaban J connectivity index is 3.17. The van der Waals surface area contributed by atoms with Gasteiger partial charge in [0.05, 0.1) is 19.1 Å². The molecule has 0 amide bonds. The van der Waals surface area contributed by atoms with Gasteiger partial charge in [-0.3, -0.25) is 4.79 Å². The number of benzene rings is 1. The molecule has 120 valence electrons. The molecule has 6 heteroatoms. The van der Waals surface area contributed by atoms with Crippen LogP contribution in [0.15, 0.2) is 30.3 Å². The third-order valence-electron chi connectivity index (χ3n) is 3.25. The van der Waals surface area contributed by atoms with Crippen LogP contribution in [0, 0.1) is 5.92 Å². The number of ketones is 1. The van der Waals surface area contributed by atoms with Crippen molar-refractivity contribution in [1.82, 2.24) is 0 Å². The number of esters is 2. The molecule has 1 aromatic rings. The summed E-state index contributed by atoms with van der Waals surface area (Å²) >= 11 is 0. The van der Waals surface area contributed by atoms with E-state index in [4.69, 9.17) is 9.47 Å². The Bertz CT molecular complexity index is 519. The minimum Gasteiger partial charge on any atom is -0.463 e. The number of Topliss-reactive ketones (excluding diaryl/α,β-unsaturated/α-hetero) is 1. The van der Waals surface area contributed by atoms with Gasteiger partial charge in [-0.2, -0.15) is 0 Å². The van der Waals surface area contributed by atoms with E-state index in [2.05, 4.69) is 0 Å². The smallest absolute Gasteiger partial charge is 0.350 e. The molecule has 0 radical (unpaired) electrons. The van der Waals surface area contributed by atoms with Crippen molar-refractivity contribution < 1.29 is 29.0 Å². The molecule has 22 heavy (non-hydrogen) atoms. The van der Waals surface area contributed by atoms with E-state index in [1.165, 1.54) is 32.9 Å². The first-order chi connectivity index (χ1) is 10.4. The summed E-state index contributed by atoms with van der Waals surface area (Å²) in [5.41, 5.74) is -2.39. The van der Waals surface area contributed by atoms with Crippen LogP contribution in [0.5, 0.6) is 0 Å². The average Bonchev–Trinajstić information content (AvgIpc) is 2.53. The highest BCUT2D eigenvalue weighted by molar-refractivity contribution is 6.11. The van der Waals surface area contributed by atoms with Crippen molar-refractivity contribution in [3.05, 3.63) is 35.9 Å². The molecule has 1 unspecified atom stereocenters. The molecular weight excluding hydrogens is 288 g/mol. The first-order valence-electron chi connectivity index (χ1n) is 7.05. The lowest BCUT2D eigenvalue weighted by molar-refractivity contribution is -0.187. The third-order valence-corrected chi connectivity index (χ3v) is 3.25. The molecule has 0 saturated heterocycles. The van der Waals surface area contributed by atoms with E-state index in [-0.39, 0.29) is 18.8 Å². The van der Waals surface area contributed by atoms with E-state index in [0.29, 0.717) is 0 Å². The fourth-order valence-corrected chi connectivity index (χ4v) is 1.96. The maximum absolute atomic E-state index is 12.4. The molecule has 1 atom stereocenters. The first kappa shape index (κ1) is 17.8. The van der Waals surface area contributed by atoms with Crippen LogP contribution in [0.4, 0.5) is 0 Å². The van der Waals surface area contributed by atoms with Gasteiger partial charge in [0.15, 0.2) is 5.78 Å². The summed E-state index contributed by atoms with van der Waals surface area (Å²) in [5, 5.41) is 10.5. The maximum Gasteiger partial charge on any atom is 0.350 e. The lowest BCUT2D eigenvalue weighted by atomic mass is 9.83. The number of hydrogen-bond donors (Lipinski definition) is 1. The molecule has 0 aliphatic carbocycles. The van der Waals surface area contributed by atoms with Gasteiger partial charge in [0.25, 0.3) is 5.60 Å². The predicted molar refractivity (Wildman–Crippen MR) is 78.2 cm³/mol. The monoisotopic (exact) mass is 308 g/mol. The summed E-state index contributed by atoms with van der Waals surface area (Å²) in [4.78, 5) is 36.5. The van der Waals surface area contributed by atoms with Gasteiger partial charge in [-0.05, 0) is 13.8 Å². The minimum atomic E-state index is -2.67. The molecule has 0 saturated carbocycles. The number of carbonyl (C=O) groups excluding carboxylic acids is 3. The quantitative estimate of drug-likeness (QED) is 0.465. The highest BCUT2D eigenvalue weighted by atomic mass is 16.6. The Kier molecular flexibility index (Phi) is 6.24. The Morgan fingerprint density at radius 3 is 1.91 bits per heavy atom. The van der Waals surface area contributed by atoms with Gasteiger partial charge in [0.2, 0.25) is 0 Å². The van der Waals surface area contributed by atoms with Crippen LogP contribution in [0.2, 0.25) is 0 Å². The number of ether oxygens (including phenoxy) is 2. The molecule has 0 heterocycles. The summed E-state index contributed by atoms with van der Waals surface area (Å²) in [5.74, 6) is -4.27. The third kappa shape index (κ3) is 3.51. The van der Waals surface area contributed by atoms with Gasteiger partial charge in [0.1, 0.15) is 0 Å². The van der Waals surface area contributed by atoms with Crippen molar-refractivity contribution in [3.63, 3.8) is 0 Å². The van der Waals surface area contributed by atoms with E-state index < -0.39 is 29.2 Å². The van der Waals surface area contributed by atoms with E-state index in [1.54, 1.807) is 18.2 Å². The molecule has 6 nitrogen and oxygen atoms in total. The Morgan fingerprint density at radius 1 is 1.05 bits per heavy atom. The minimum absolute atomic E-state index is 0.0349. The van der Waals surface area contributed by atoms with E-state index >= 15 is 0 Å². The lowest BCUT2D eigenvalue weighted by Gasteiger charge is -2.28. The van der Waals surface area contributed by atoms with Gasteiger partial charge in [-0.15, -0.1) is 0 Å². The highest BCUT2D eigenvalue weighted by Gasteiger charge is 2.54. The Hall–Kier alpha value is -2.21. The zero-order valence-electron chi connectivity index (χ0n) is 12.9. The lowest BCUT2D eigenvalue weighted by Crippen LogP contribution is -2.56. The molecule has 1 rings (SSSR count). The molecule has 1 aromatic carbocycles. The summed E-state index contributed by atoms with van der Waals surface area (Å²) in [6.07, 6.45) is 0. The van der Waals surface area contributed by atoms with Gasteiger partial charge in [0, 0.05) is 5.56 Å². The van der Waals surface area contributed by atoms with Crippen molar-refractivity contribution in [2.75, 3.05) is 13.2 Å². The van der Waals surface area contributed by atoms with E-state index in [0.717, 1.165) is 0 Å². The molecule has 0 aliphatic rings. The maximum atomic E-state index is 12.4. The number of aliphatic hydroxyl groups is 1. The second-order valence-electron chi connectivity index (χ2n) is 4.66. The molecule has 0 aromatic heterocycles. The standard InChI is InChI=1S/C16H20O6/c1-4-21-14(18)16(20,15(19)22-5-2)11(3)13(17)12-9-7-6-8-10-12/h6-11,20H,4-5H2,1-3H3. The van der Waals surface area contributed by atoms with Crippen LogP contribution in [-0.2, 0) is 19.1 Å². The second kappa shape index (κ2) is 7.70. The highest BCUT2D eigenvalue weighted by Crippen LogP contribution is 2.25. The van der Waals surface area contributed by atoms with E-state index in [9.17, 15) is 19.5 Å². The fraction of sp³-hybridized carbons (Fsp3) is 0.438. The molecule has 0 spiro atoms. The Morgan fingerprint density at radius 2 is 1.50 bits per heavy atom. The number of hydrogen-bond acceptors (Lipinski definition) is 6. The van der Waals surface area contributed by atoms with Gasteiger partial charge >= 0.3 is 11.9 Å². The molecular formula is C16H20O6. The normalized spacial score (nSPS) is 12.4. The molecule has 0 fully saturated rings. The van der Waals surface area contributed by atoms with Crippen LogP contribution < -0.4 is 0 Å². The van der Waals surface area contributed by atoms with Crippen LogP contribution in [0.3, 0.4) is 0 Å². The van der Waals surface area contributed by atoms with Gasteiger partial charge in [-0.25, -0.2) is 9.59 Å².